The Hall–Kier alpha value is -3.69. The third-order valence-corrected chi connectivity index (χ3v) is 6.55. The van der Waals surface area contributed by atoms with E-state index in [1.807, 2.05) is 59.2 Å². The summed E-state index contributed by atoms with van der Waals surface area (Å²) in [6.07, 6.45) is 0. The molecule has 0 fully saturated rings. The quantitative estimate of drug-likeness (QED) is 0.198. The third-order valence-electron chi connectivity index (χ3n) is 5.31. The van der Waals surface area contributed by atoms with Crippen molar-refractivity contribution >= 4 is 40.1 Å². The molecule has 1 amide bonds. The molecule has 0 saturated carbocycles. The lowest BCUT2D eigenvalue weighted by atomic mass is 10.1. The predicted molar refractivity (Wildman–Crippen MR) is 133 cm³/mol. The molecule has 9 heteroatoms. The number of hydrogen-bond donors (Lipinski definition) is 1. The zero-order valence-corrected chi connectivity index (χ0v) is 19.6. The average molecular weight is 477 g/mol. The maximum Gasteiger partial charge on any atom is 0.293 e. The fourth-order valence-electron chi connectivity index (χ4n) is 3.64. The number of nitrogens with one attached hydrogen (secondary N) is 1. The van der Waals surface area contributed by atoms with Gasteiger partial charge in [-0.05, 0) is 36.2 Å². The molecular formula is C25H24N4O4S. The number of nitro groups is 1. The molecule has 0 saturated heterocycles. The normalized spacial score (nSPS) is 11.9. The summed E-state index contributed by atoms with van der Waals surface area (Å²) >= 11 is 1.30. The number of fused-ring (bicyclic) bond motifs is 1. The molecule has 0 aliphatic rings. The summed E-state index contributed by atoms with van der Waals surface area (Å²) in [5.41, 5.74) is 3.30. The lowest BCUT2D eigenvalue weighted by molar-refractivity contribution is -0.384. The number of rotatable bonds is 9. The number of nitrogens with zero attached hydrogens (tertiary/aromatic N) is 3. The number of carbonyl (C=O) groups excluding carboxylic acids is 1. The van der Waals surface area contributed by atoms with Crippen molar-refractivity contribution in [1.29, 1.82) is 0 Å². The number of aromatic nitrogens is 2. The summed E-state index contributed by atoms with van der Waals surface area (Å²) in [5, 5.41) is 14.3. The number of amides is 1. The van der Waals surface area contributed by atoms with Gasteiger partial charge in [-0.2, -0.15) is 0 Å². The van der Waals surface area contributed by atoms with Gasteiger partial charge in [-0.1, -0.05) is 60.3 Å². The molecule has 4 aromatic rings. The molecule has 3 aromatic carbocycles. The number of carbonyl (C=O) groups is 1. The summed E-state index contributed by atoms with van der Waals surface area (Å²) in [4.78, 5) is 29.3. The van der Waals surface area contributed by atoms with Crippen molar-refractivity contribution in [2.75, 3.05) is 19.0 Å². The first-order chi connectivity index (χ1) is 16.5. The van der Waals surface area contributed by atoms with Crippen LogP contribution in [0.3, 0.4) is 0 Å². The summed E-state index contributed by atoms with van der Waals surface area (Å²) in [5.74, 6) is -0.367. The molecule has 1 atom stereocenters. The molecule has 1 heterocycles. The number of hydrogen-bond acceptors (Lipinski definition) is 6. The van der Waals surface area contributed by atoms with Gasteiger partial charge in [0.05, 0.1) is 22.6 Å². The number of imidazole rings is 1. The standard InChI is InChI=1S/C25H24N4O4S/c1-17-12-13-20(22(16-17)29(31)32)26-24(30)23(18-8-4-3-5-9-18)34-25-27-19-10-6-7-11-21(19)28(25)14-15-33-2/h3-13,16,23H,14-15H2,1-2H3,(H,26,30). The van der Waals surface area contributed by atoms with E-state index in [1.54, 1.807) is 26.2 Å². The van der Waals surface area contributed by atoms with Gasteiger partial charge in [0.25, 0.3) is 5.69 Å². The Labute approximate surface area is 201 Å². The zero-order chi connectivity index (χ0) is 24.1. The van der Waals surface area contributed by atoms with Gasteiger partial charge in [-0.15, -0.1) is 0 Å². The van der Waals surface area contributed by atoms with Gasteiger partial charge >= 0.3 is 0 Å². The van der Waals surface area contributed by atoms with Crippen molar-refractivity contribution in [3.8, 4) is 0 Å². The van der Waals surface area contributed by atoms with E-state index in [1.165, 1.54) is 17.8 Å². The van der Waals surface area contributed by atoms with Crippen LogP contribution < -0.4 is 5.32 Å². The van der Waals surface area contributed by atoms with Crippen LogP contribution in [-0.4, -0.2) is 34.1 Å². The van der Waals surface area contributed by atoms with Crippen molar-refractivity contribution in [2.45, 2.75) is 23.9 Å². The second-order valence-electron chi connectivity index (χ2n) is 7.70. The number of nitro benzene ring substituents is 1. The van der Waals surface area contributed by atoms with E-state index in [2.05, 4.69) is 5.32 Å². The first-order valence-electron chi connectivity index (χ1n) is 10.7. The van der Waals surface area contributed by atoms with Crippen LogP contribution in [0.1, 0.15) is 16.4 Å². The SMILES string of the molecule is COCCn1c(SC(C(=O)Nc2ccc(C)cc2[N+](=O)[O-])c2ccccc2)nc2ccccc21. The maximum absolute atomic E-state index is 13.5. The van der Waals surface area contributed by atoms with Crippen molar-refractivity contribution in [2.24, 2.45) is 0 Å². The van der Waals surface area contributed by atoms with E-state index in [9.17, 15) is 14.9 Å². The van der Waals surface area contributed by atoms with E-state index in [0.29, 0.717) is 18.3 Å². The molecule has 8 nitrogen and oxygen atoms in total. The van der Waals surface area contributed by atoms with Gasteiger partial charge < -0.3 is 14.6 Å². The number of anilines is 1. The molecule has 0 aliphatic heterocycles. The minimum atomic E-state index is -0.680. The first-order valence-corrected chi connectivity index (χ1v) is 11.6. The van der Waals surface area contributed by atoms with Crippen LogP contribution in [0.5, 0.6) is 0 Å². The smallest absolute Gasteiger partial charge is 0.293 e. The number of methoxy groups -OCH3 is 1. The maximum atomic E-state index is 13.5. The number of aryl methyl sites for hydroxylation is 1. The average Bonchev–Trinajstić information content (AvgIpc) is 3.19. The van der Waals surface area contributed by atoms with Crippen LogP contribution in [0.15, 0.2) is 78.0 Å². The molecule has 174 valence electrons. The number of ether oxygens (including phenoxy) is 1. The second kappa shape index (κ2) is 10.5. The van der Waals surface area contributed by atoms with Gasteiger partial charge in [-0.25, -0.2) is 4.98 Å². The van der Waals surface area contributed by atoms with Gasteiger partial charge in [0, 0.05) is 19.7 Å². The van der Waals surface area contributed by atoms with Gasteiger partial charge in [-0.3, -0.25) is 14.9 Å². The van der Waals surface area contributed by atoms with Crippen LogP contribution in [0, 0.1) is 17.0 Å². The summed E-state index contributed by atoms with van der Waals surface area (Å²) in [6.45, 7) is 2.84. The van der Waals surface area contributed by atoms with E-state index < -0.39 is 10.2 Å². The van der Waals surface area contributed by atoms with Gasteiger partial charge in [0.1, 0.15) is 10.9 Å². The first kappa shape index (κ1) is 23.5. The van der Waals surface area contributed by atoms with E-state index >= 15 is 0 Å². The number of para-hydroxylation sites is 2. The molecule has 34 heavy (non-hydrogen) atoms. The summed E-state index contributed by atoms with van der Waals surface area (Å²) < 4.78 is 7.31. The minimum absolute atomic E-state index is 0.141. The Morgan fingerprint density at radius 3 is 2.62 bits per heavy atom. The fraction of sp³-hybridized carbons (Fsp3) is 0.200. The molecular weight excluding hydrogens is 452 g/mol. The Morgan fingerprint density at radius 1 is 1.15 bits per heavy atom. The monoisotopic (exact) mass is 476 g/mol. The number of benzene rings is 3. The highest BCUT2D eigenvalue weighted by Crippen LogP contribution is 2.38. The number of thioether (sulfide) groups is 1. The fourth-order valence-corrected chi connectivity index (χ4v) is 4.78. The largest absolute Gasteiger partial charge is 0.383 e. The highest BCUT2D eigenvalue weighted by atomic mass is 32.2. The zero-order valence-electron chi connectivity index (χ0n) is 18.8. The van der Waals surface area contributed by atoms with Gasteiger partial charge in [0.2, 0.25) is 5.91 Å². The van der Waals surface area contributed by atoms with Crippen LogP contribution in [0.4, 0.5) is 11.4 Å². The van der Waals surface area contributed by atoms with E-state index in [4.69, 9.17) is 9.72 Å². The van der Waals surface area contributed by atoms with E-state index in [-0.39, 0.29) is 17.3 Å². The molecule has 0 aliphatic carbocycles. The summed E-state index contributed by atoms with van der Waals surface area (Å²) in [6, 6.07) is 21.8. The molecule has 4 rings (SSSR count). The Balaban J connectivity index is 1.72. The van der Waals surface area contributed by atoms with Crippen LogP contribution in [-0.2, 0) is 16.1 Å². The topological polar surface area (TPSA) is 99.3 Å². The molecule has 1 N–H and O–H groups in total. The van der Waals surface area contributed by atoms with Crippen molar-refractivity contribution in [3.63, 3.8) is 0 Å². The van der Waals surface area contributed by atoms with Crippen LogP contribution >= 0.6 is 11.8 Å². The molecule has 0 spiro atoms. The molecule has 0 bridgehead atoms. The van der Waals surface area contributed by atoms with Crippen molar-refractivity contribution in [3.05, 3.63) is 94.0 Å². The van der Waals surface area contributed by atoms with Crippen LogP contribution in [0.2, 0.25) is 0 Å². The molecule has 0 radical (unpaired) electrons. The predicted octanol–water partition coefficient (Wildman–Crippen LogP) is 5.37. The lowest BCUT2D eigenvalue weighted by Gasteiger charge is -2.18. The molecule has 1 unspecified atom stereocenters. The van der Waals surface area contributed by atoms with Gasteiger partial charge in [0.15, 0.2) is 5.16 Å². The van der Waals surface area contributed by atoms with Crippen molar-refractivity contribution in [1.82, 2.24) is 9.55 Å². The highest BCUT2D eigenvalue weighted by Gasteiger charge is 2.27. The van der Waals surface area contributed by atoms with Crippen molar-refractivity contribution < 1.29 is 14.5 Å². The van der Waals surface area contributed by atoms with E-state index in [0.717, 1.165) is 22.2 Å². The molecule has 1 aromatic heterocycles. The highest BCUT2D eigenvalue weighted by molar-refractivity contribution is 8.00. The minimum Gasteiger partial charge on any atom is -0.383 e. The Kier molecular flexibility index (Phi) is 7.24. The van der Waals surface area contributed by atoms with Crippen LogP contribution in [0.25, 0.3) is 11.0 Å². The Bertz CT molecular complexity index is 1320. The third kappa shape index (κ3) is 5.11. The lowest BCUT2D eigenvalue weighted by Crippen LogP contribution is -2.20. The summed E-state index contributed by atoms with van der Waals surface area (Å²) in [7, 11) is 1.64. The Morgan fingerprint density at radius 2 is 1.88 bits per heavy atom. The second-order valence-corrected chi connectivity index (χ2v) is 8.78.